The van der Waals surface area contributed by atoms with Gasteiger partial charge in [0.25, 0.3) is 0 Å². The highest BCUT2D eigenvalue weighted by Gasteiger charge is 2.43. The number of rotatable bonds is 17. The second-order valence-electron chi connectivity index (χ2n) is 16.3. The van der Waals surface area contributed by atoms with Crippen LogP contribution in [0.25, 0.3) is 0 Å². The van der Waals surface area contributed by atoms with Gasteiger partial charge in [0.2, 0.25) is 11.8 Å². The third kappa shape index (κ3) is 16.3. The van der Waals surface area contributed by atoms with Gasteiger partial charge < -0.3 is 40.2 Å². The van der Waals surface area contributed by atoms with Gasteiger partial charge in [-0.25, -0.2) is 14.4 Å². The lowest BCUT2D eigenvalue weighted by molar-refractivity contribution is -0.140. The van der Waals surface area contributed by atoms with Crippen LogP contribution in [0.15, 0.2) is 12.2 Å². The lowest BCUT2D eigenvalue weighted by atomic mass is 9.62. The third-order valence-electron chi connectivity index (χ3n) is 8.99. The molecule has 4 amide bonds. The van der Waals surface area contributed by atoms with Crippen molar-refractivity contribution in [3.05, 3.63) is 12.2 Å². The van der Waals surface area contributed by atoms with Crippen molar-refractivity contribution in [2.45, 2.75) is 119 Å². The first-order valence-electron chi connectivity index (χ1n) is 17.5. The highest BCUT2D eigenvalue weighted by molar-refractivity contribution is 5.86. The second kappa shape index (κ2) is 18.6. The van der Waals surface area contributed by atoms with Gasteiger partial charge in [0, 0.05) is 37.4 Å². The molecule has 4 unspecified atom stereocenters. The van der Waals surface area contributed by atoms with E-state index in [1.807, 2.05) is 6.92 Å². The molecule has 280 valence electrons. The molecule has 0 aromatic rings. The lowest BCUT2D eigenvalue weighted by Gasteiger charge is -2.46. The van der Waals surface area contributed by atoms with Crippen molar-refractivity contribution in [3.63, 3.8) is 0 Å². The quantitative estimate of drug-likeness (QED) is 0.0725. The number of hydrogen-bond donors (Lipinski definition) is 4. The average molecular weight is 695 g/mol. The Morgan fingerprint density at radius 1 is 0.673 bits per heavy atom. The van der Waals surface area contributed by atoms with Gasteiger partial charge in [-0.2, -0.15) is 0 Å². The van der Waals surface area contributed by atoms with Crippen molar-refractivity contribution in [2.24, 2.45) is 21.7 Å². The Labute approximate surface area is 292 Å². The number of hydrogen-bond acceptors (Lipinski definition) is 9. The van der Waals surface area contributed by atoms with E-state index in [1.54, 1.807) is 6.92 Å². The summed E-state index contributed by atoms with van der Waals surface area (Å²) in [7, 11) is 0. The first-order chi connectivity index (χ1) is 22.7. The minimum absolute atomic E-state index is 0.0190. The minimum atomic E-state index is -0.587. The maximum atomic E-state index is 12.7. The lowest BCUT2D eigenvalue weighted by Crippen LogP contribution is -2.51. The average Bonchev–Trinajstić information content (AvgIpc) is 2.95. The highest BCUT2D eigenvalue weighted by atomic mass is 16.6. The van der Waals surface area contributed by atoms with E-state index >= 15 is 0 Å². The predicted octanol–water partition coefficient (Wildman–Crippen LogP) is 4.78. The third-order valence-corrected chi connectivity index (χ3v) is 8.99. The van der Waals surface area contributed by atoms with E-state index in [0.717, 1.165) is 38.5 Å². The molecule has 13 heteroatoms. The van der Waals surface area contributed by atoms with E-state index in [9.17, 15) is 24.0 Å². The van der Waals surface area contributed by atoms with Crippen molar-refractivity contribution in [3.8, 4) is 0 Å². The molecule has 2 fully saturated rings. The molecule has 4 atom stereocenters. The van der Waals surface area contributed by atoms with Crippen LogP contribution < -0.4 is 21.3 Å². The standard InChI is InChI=1S/C36H62N4O9/c1-10-12-46-20-29(42)39-26-16-33(4,5)22-36(9,18-26)24-38-31(44)48-13-11-28(41)37-23-35(8)19-27(17-34(6,7)21-35)40-32(45)49-15-14-47-30(43)25(2)3/h26-27H,2,10-24H2,1,3-9H3,(H,37,41)(H,38,44)(H,39,42)(H,40,45). The molecule has 0 heterocycles. The van der Waals surface area contributed by atoms with Crippen LogP contribution in [0.1, 0.15) is 107 Å². The van der Waals surface area contributed by atoms with Gasteiger partial charge in [-0.1, -0.05) is 55.0 Å². The van der Waals surface area contributed by atoms with Crippen molar-refractivity contribution < 1.29 is 42.9 Å². The van der Waals surface area contributed by atoms with Crippen LogP contribution in [-0.2, 0) is 33.3 Å². The molecule has 2 aliphatic carbocycles. The van der Waals surface area contributed by atoms with Gasteiger partial charge in [-0.3, -0.25) is 9.59 Å². The van der Waals surface area contributed by atoms with Crippen LogP contribution in [0.5, 0.6) is 0 Å². The molecule has 0 radical (unpaired) electrons. The predicted molar refractivity (Wildman–Crippen MR) is 186 cm³/mol. The maximum absolute atomic E-state index is 12.7. The molecule has 0 bridgehead atoms. The van der Waals surface area contributed by atoms with Crippen molar-refractivity contribution in [1.82, 2.24) is 21.3 Å². The van der Waals surface area contributed by atoms with E-state index in [2.05, 4.69) is 69.4 Å². The Balaban J connectivity index is 1.74. The SMILES string of the molecule is C=C(C)C(=O)OCCOC(=O)NC1CC(C)(C)CC(C)(CNC(=O)CCOC(=O)NCC2(C)CC(NC(=O)COCCC)CC(C)(C)C2)C1. The van der Waals surface area contributed by atoms with Gasteiger partial charge in [0.1, 0.15) is 26.4 Å². The van der Waals surface area contributed by atoms with Crippen molar-refractivity contribution >= 4 is 30.0 Å². The van der Waals surface area contributed by atoms with Gasteiger partial charge in [0.05, 0.1) is 6.42 Å². The molecule has 49 heavy (non-hydrogen) atoms. The fourth-order valence-corrected chi connectivity index (χ4v) is 7.89. The molecular formula is C36H62N4O9. The molecule has 2 aliphatic rings. The van der Waals surface area contributed by atoms with Gasteiger partial charge in [0.15, 0.2) is 0 Å². The molecule has 13 nitrogen and oxygen atoms in total. The zero-order valence-electron chi connectivity index (χ0n) is 31.1. The molecular weight excluding hydrogens is 632 g/mol. The van der Waals surface area contributed by atoms with E-state index in [0.29, 0.717) is 26.1 Å². The van der Waals surface area contributed by atoms with Gasteiger partial charge in [-0.15, -0.1) is 0 Å². The molecule has 4 N–H and O–H groups in total. The van der Waals surface area contributed by atoms with Crippen molar-refractivity contribution in [1.29, 1.82) is 0 Å². The molecule has 0 aliphatic heterocycles. The summed E-state index contributed by atoms with van der Waals surface area (Å²) < 4.78 is 20.8. The van der Waals surface area contributed by atoms with Crippen molar-refractivity contribution in [2.75, 3.05) is 46.1 Å². The van der Waals surface area contributed by atoms with Crippen LogP contribution in [-0.4, -0.2) is 88.2 Å². The smallest absolute Gasteiger partial charge is 0.407 e. The zero-order valence-corrected chi connectivity index (χ0v) is 31.1. The van der Waals surface area contributed by atoms with Crippen LogP contribution in [0.3, 0.4) is 0 Å². The molecule has 0 aromatic heterocycles. The Hall–Kier alpha value is -3.35. The maximum Gasteiger partial charge on any atom is 0.407 e. The zero-order chi connectivity index (χ0) is 36.9. The van der Waals surface area contributed by atoms with Crippen LogP contribution >= 0.6 is 0 Å². The van der Waals surface area contributed by atoms with E-state index < -0.39 is 18.2 Å². The summed E-state index contributed by atoms with van der Waals surface area (Å²) in [6.07, 6.45) is 4.39. The van der Waals surface area contributed by atoms with Crippen LogP contribution in [0.2, 0.25) is 0 Å². The summed E-state index contributed by atoms with van der Waals surface area (Å²) in [5, 5.41) is 11.9. The molecule has 2 rings (SSSR count). The summed E-state index contributed by atoms with van der Waals surface area (Å²) in [5.74, 6) is -0.891. The van der Waals surface area contributed by atoms with Crippen LogP contribution in [0, 0.1) is 21.7 Å². The fraction of sp³-hybridized carbons (Fsp3) is 0.806. The Bertz CT molecular complexity index is 1170. The summed E-state index contributed by atoms with van der Waals surface area (Å²) >= 11 is 0. The summed E-state index contributed by atoms with van der Waals surface area (Å²) in [4.78, 5) is 61.5. The number of alkyl carbamates (subject to hydrolysis) is 2. The largest absolute Gasteiger partial charge is 0.459 e. The molecule has 0 aromatic carbocycles. The number of ether oxygens (including phenoxy) is 4. The normalized spacial score (nSPS) is 25.6. The number of carbonyl (C=O) groups is 5. The Kier molecular flexibility index (Phi) is 15.9. The Morgan fingerprint density at radius 3 is 1.78 bits per heavy atom. The number of carbonyl (C=O) groups excluding carboxylic acids is 5. The van der Waals surface area contributed by atoms with E-state index in [4.69, 9.17) is 18.9 Å². The topological polar surface area (TPSA) is 170 Å². The minimum Gasteiger partial charge on any atom is -0.459 e. The van der Waals surface area contributed by atoms with E-state index in [-0.39, 0.29) is 84.0 Å². The number of amides is 4. The van der Waals surface area contributed by atoms with E-state index in [1.165, 1.54) is 0 Å². The second-order valence-corrected chi connectivity index (χ2v) is 16.3. The monoisotopic (exact) mass is 694 g/mol. The molecule has 2 saturated carbocycles. The first kappa shape index (κ1) is 41.8. The fourth-order valence-electron chi connectivity index (χ4n) is 7.89. The van der Waals surface area contributed by atoms with Gasteiger partial charge in [-0.05, 0) is 73.5 Å². The highest BCUT2D eigenvalue weighted by Crippen LogP contribution is 2.46. The summed E-state index contributed by atoms with van der Waals surface area (Å²) in [5.41, 5.74) is -0.368. The first-order valence-corrected chi connectivity index (χ1v) is 17.5. The molecule has 0 spiro atoms. The van der Waals surface area contributed by atoms with Gasteiger partial charge >= 0.3 is 18.2 Å². The summed E-state index contributed by atoms with van der Waals surface area (Å²) in [6.45, 7) is 21.0. The number of nitrogens with one attached hydrogen (secondary N) is 4. The van der Waals surface area contributed by atoms with Crippen LogP contribution in [0.4, 0.5) is 9.59 Å². The summed E-state index contributed by atoms with van der Waals surface area (Å²) in [6, 6.07) is -0.180. The molecule has 0 saturated heterocycles. The number of esters is 1. The Morgan fingerprint density at radius 2 is 1.20 bits per heavy atom.